The molecule has 0 spiro atoms. The maximum Gasteiger partial charge on any atom is 0.247 e. The van der Waals surface area contributed by atoms with Crippen molar-refractivity contribution >= 4 is 23.4 Å². The van der Waals surface area contributed by atoms with Gasteiger partial charge in [0.25, 0.3) is 0 Å². The predicted molar refractivity (Wildman–Crippen MR) is 107 cm³/mol. The summed E-state index contributed by atoms with van der Waals surface area (Å²) >= 11 is 1.55. The fraction of sp³-hybridized carbons (Fsp3) is 0.0952. The van der Waals surface area contributed by atoms with Crippen LogP contribution in [0.15, 0.2) is 83.4 Å². The molecule has 1 heterocycles. The number of benzene rings is 2. The topological polar surface area (TPSA) is 64.1 Å². The number of rotatable bonds is 7. The summed E-state index contributed by atoms with van der Waals surface area (Å²) in [6, 6.07) is 17.4. The first-order valence-electron chi connectivity index (χ1n) is 8.32. The molecule has 3 aromatic rings. The molecule has 0 aliphatic rings. The van der Waals surface area contributed by atoms with Crippen molar-refractivity contribution in [2.75, 3.05) is 12.4 Å². The predicted octanol–water partition coefficient (Wildman–Crippen LogP) is 4.35. The fourth-order valence-corrected chi connectivity index (χ4v) is 3.16. The number of carbonyl (C=O) groups excluding carboxylic acids is 1. The Morgan fingerprint density at radius 2 is 1.89 bits per heavy atom. The van der Waals surface area contributed by atoms with Gasteiger partial charge in [0, 0.05) is 23.2 Å². The van der Waals surface area contributed by atoms with Gasteiger partial charge in [-0.3, -0.25) is 4.79 Å². The second kappa shape index (κ2) is 9.00. The molecular weight excluding hydrogens is 358 g/mol. The first kappa shape index (κ1) is 18.7. The van der Waals surface area contributed by atoms with E-state index in [2.05, 4.69) is 21.9 Å². The summed E-state index contributed by atoms with van der Waals surface area (Å²) in [6.45, 7) is 3.44. The Balaban J connectivity index is 1.66. The number of anilines is 1. The molecule has 0 saturated carbocycles. The average Bonchev–Trinajstić information content (AvgIpc) is 2.70. The van der Waals surface area contributed by atoms with E-state index in [1.807, 2.05) is 54.6 Å². The maximum absolute atomic E-state index is 11.3. The van der Waals surface area contributed by atoms with Crippen LogP contribution in [0.2, 0.25) is 0 Å². The van der Waals surface area contributed by atoms with Crippen molar-refractivity contribution in [2.45, 2.75) is 16.3 Å². The maximum atomic E-state index is 11.3. The van der Waals surface area contributed by atoms with Crippen LogP contribution in [0.5, 0.6) is 5.75 Å². The van der Waals surface area contributed by atoms with Gasteiger partial charge in [0.05, 0.1) is 7.11 Å². The Labute approximate surface area is 162 Å². The van der Waals surface area contributed by atoms with E-state index in [1.165, 1.54) is 6.08 Å². The van der Waals surface area contributed by atoms with E-state index >= 15 is 0 Å². The van der Waals surface area contributed by atoms with Gasteiger partial charge in [-0.05, 0) is 54.1 Å². The van der Waals surface area contributed by atoms with Gasteiger partial charge < -0.3 is 10.1 Å². The van der Waals surface area contributed by atoms with E-state index < -0.39 is 0 Å². The summed E-state index contributed by atoms with van der Waals surface area (Å²) in [5, 5.41) is 3.60. The molecule has 0 fully saturated rings. The highest BCUT2D eigenvalue weighted by molar-refractivity contribution is 7.99. The normalized spacial score (nSPS) is 10.3. The summed E-state index contributed by atoms with van der Waals surface area (Å²) < 4.78 is 5.18. The number of methoxy groups -OCH3 is 1. The monoisotopic (exact) mass is 377 g/mol. The smallest absolute Gasteiger partial charge is 0.247 e. The zero-order valence-corrected chi connectivity index (χ0v) is 15.7. The molecule has 0 bridgehead atoms. The summed E-state index contributed by atoms with van der Waals surface area (Å²) in [5.41, 5.74) is 1.85. The van der Waals surface area contributed by atoms with Gasteiger partial charge in [0.15, 0.2) is 0 Å². The lowest BCUT2D eigenvalue weighted by atomic mass is 10.1. The van der Waals surface area contributed by atoms with Crippen molar-refractivity contribution in [3.8, 4) is 5.75 Å². The van der Waals surface area contributed by atoms with E-state index in [0.29, 0.717) is 6.42 Å². The summed E-state index contributed by atoms with van der Waals surface area (Å²) in [4.78, 5) is 21.3. The largest absolute Gasteiger partial charge is 0.497 e. The third-order valence-corrected chi connectivity index (χ3v) is 4.68. The van der Waals surface area contributed by atoms with Crippen molar-refractivity contribution in [2.24, 2.45) is 0 Å². The molecule has 0 aliphatic carbocycles. The molecule has 0 saturated heterocycles. The highest BCUT2D eigenvalue weighted by atomic mass is 32.2. The van der Waals surface area contributed by atoms with Gasteiger partial charge in [-0.25, -0.2) is 9.97 Å². The van der Waals surface area contributed by atoms with Gasteiger partial charge in [-0.2, -0.15) is 0 Å². The third kappa shape index (κ3) is 5.43. The van der Waals surface area contributed by atoms with Crippen LogP contribution in [0, 0.1) is 0 Å². The molecule has 27 heavy (non-hydrogen) atoms. The highest BCUT2D eigenvalue weighted by Gasteiger charge is 2.05. The quantitative estimate of drug-likeness (QED) is 0.490. The Bertz CT molecular complexity index is 925. The van der Waals surface area contributed by atoms with E-state index in [9.17, 15) is 4.79 Å². The third-order valence-electron chi connectivity index (χ3n) is 3.73. The fourth-order valence-electron chi connectivity index (χ4n) is 2.37. The van der Waals surface area contributed by atoms with Gasteiger partial charge in [-0.15, -0.1) is 0 Å². The van der Waals surface area contributed by atoms with E-state index in [-0.39, 0.29) is 5.91 Å². The van der Waals surface area contributed by atoms with Gasteiger partial charge in [0.2, 0.25) is 5.91 Å². The van der Waals surface area contributed by atoms with E-state index in [0.717, 1.165) is 32.7 Å². The molecule has 0 radical (unpaired) electrons. The van der Waals surface area contributed by atoms with Crippen LogP contribution in [0.25, 0.3) is 0 Å². The summed E-state index contributed by atoms with van der Waals surface area (Å²) in [5.74, 6) is 1.37. The lowest BCUT2D eigenvalue weighted by Crippen LogP contribution is -2.06. The number of nitrogens with zero attached hydrogens (tertiary/aromatic N) is 2. The average molecular weight is 377 g/mol. The molecule has 3 rings (SSSR count). The Kier molecular flexibility index (Phi) is 6.22. The van der Waals surface area contributed by atoms with Gasteiger partial charge >= 0.3 is 0 Å². The number of carbonyl (C=O) groups is 1. The number of nitrogens with one attached hydrogen (secondary N) is 1. The zero-order valence-electron chi connectivity index (χ0n) is 14.9. The van der Waals surface area contributed by atoms with E-state index in [1.54, 1.807) is 25.1 Å². The van der Waals surface area contributed by atoms with Gasteiger partial charge in [-0.1, -0.05) is 30.5 Å². The van der Waals surface area contributed by atoms with Gasteiger partial charge in [0.1, 0.15) is 16.6 Å². The number of aromatic nitrogens is 2. The molecule has 1 aromatic heterocycles. The number of amides is 1. The van der Waals surface area contributed by atoms with Crippen molar-refractivity contribution in [1.29, 1.82) is 0 Å². The molecule has 2 aromatic carbocycles. The summed E-state index contributed by atoms with van der Waals surface area (Å²) in [7, 11) is 1.65. The van der Waals surface area contributed by atoms with Crippen LogP contribution in [-0.2, 0) is 11.2 Å². The Morgan fingerprint density at radius 1 is 1.15 bits per heavy atom. The molecular formula is C21H19N3O2S. The molecule has 0 aliphatic heterocycles. The van der Waals surface area contributed by atoms with Crippen molar-refractivity contribution in [3.63, 3.8) is 0 Å². The molecule has 1 N–H and O–H groups in total. The molecule has 5 nitrogen and oxygen atoms in total. The first-order valence-corrected chi connectivity index (χ1v) is 9.14. The molecule has 136 valence electrons. The summed E-state index contributed by atoms with van der Waals surface area (Å²) in [6.07, 6.45) is 3.67. The minimum absolute atomic E-state index is 0.227. The minimum Gasteiger partial charge on any atom is -0.497 e. The Morgan fingerprint density at radius 3 is 2.56 bits per heavy atom. The SMILES string of the molecule is C=CC(=O)Nc1ccc(Sc2ccnc(Cc3ccc(OC)cc3)n2)cc1. The van der Waals surface area contributed by atoms with E-state index in [4.69, 9.17) is 4.74 Å². The lowest BCUT2D eigenvalue weighted by Gasteiger charge is -2.06. The Hall–Kier alpha value is -3.12. The standard InChI is InChI=1S/C21H19N3O2S/c1-3-20(25)23-16-6-10-18(11-7-16)27-21-12-13-22-19(24-21)14-15-4-8-17(26-2)9-5-15/h3-13H,1,14H2,2H3,(H,23,25). The number of hydrogen-bond acceptors (Lipinski definition) is 5. The van der Waals surface area contributed by atoms with Crippen LogP contribution < -0.4 is 10.1 Å². The number of hydrogen-bond donors (Lipinski definition) is 1. The van der Waals surface area contributed by atoms with Crippen molar-refractivity contribution in [3.05, 3.63) is 84.8 Å². The van der Waals surface area contributed by atoms with Crippen molar-refractivity contribution in [1.82, 2.24) is 9.97 Å². The minimum atomic E-state index is -0.227. The van der Waals surface area contributed by atoms with Crippen LogP contribution in [-0.4, -0.2) is 23.0 Å². The van der Waals surface area contributed by atoms with Crippen molar-refractivity contribution < 1.29 is 9.53 Å². The number of ether oxygens (including phenoxy) is 1. The van der Waals surface area contributed by atoms with Crippen LogP contribution >= 0.6 is 11.8 Å². The van der Waals surface area contributed by atoms with Crippen LogP contribution in [0.4, 0.5) is 5.69 Å². The van der Waals surface area contributed by atoms with Crippen LogP contribution in [0.3, 0.4) is 0 Å². The first-order chi connectivity index (χ1) is 13.2. The lowest BCUT2D eigenvalue weighted by molar-refractivity contribution is -0.111. The molecule has 0 atom stereocenters. The highest BCUT2D eigenvalue weighted by Crippen LogP contribution is 2.27. The van der Waals surface area contributed by atoms with Crippen LogP contribution in [0.1, 0.15) is 11.4 Å². The molecule has 1 amide bonds. The molecule has 0 unspecified atom stereocenters. The zero-order chi connectivity index (χ0) is 19.1. The second-order valence-electron chi connectivity index (χ2n) is 5.66. The second-order valence-corrected chi connectivity index (χ2v) is 6.75. The molecule has 6 heteroatoms.